The van der Waals surface area contributed by atoms with E-state index in [4.69, 9.17) is 6.57 Å². The minimum absolute atomic E-state index is 0.183. The molecule has 2 aliphatic rings. The first-order valence-corrected chi connectivity index (χ1v) is 9.79. The van der Waals surface area contributed by atoms with Gasteiger partial charge in [-0.3, -0.25) is 4.90 Å². The molecule has 0 saturated carbocycles. The third kappa shape index (κ3) is 3.21. The maximum atomic E-state index is 7.34. The zero-order valence-corrected chi connectivity index (χ0v) is 16.2. The summed E-state index contributed by atoms with van der Waals surface area (Å²) in [6.45, 7) is 11.9. The Hall–Kier alpha value is -3.38. The van der Waals surface area contributed by atoms with E-state index in [1.807, 2.05) is 12.1 Å². The van der Waals surface area contributed by atoms with Crippen LogP contribution in [-0.4, -0.2) is 60.8 Å². The first-order valence-electron chi connectivity index (χ1n) is 9.79. The highest BCUT2D eigenvalue weighted by atomic mass is 15.6. The molecule has 2 saturated heterocycles. The zero-order valence-electron chi connectivity index (χ0n) is 16.2. The summed E-state index contributed by atoms with van der Waals surface area (Å²) in [6, 6.07) is 8.67. The highest BCUT2D eigenvalue weighted by Crippen LogP contribution is 2.38. The lowest BCUT2D eigenvalue weighted by Crippen LogP contribution is -2.51. The second-order valence-corrected chi connectivity index (χ2v) is 7.52. The number of aryl methyl sites for hydroxylation is 1. The zero-order chi connectivity index (χ0) is 19.8. The van der Waals surface area contributed by atoms with E-state index in [2.05, 4.69) is 59.1 Å². The second kappa shape index (κ2) is 7.22. The Labute approximate surface area is 168 Å². The van der Waals surface area contributed by atoms with Gasteiger partial charge in [0.1, 0.15) is 6.20 Å². The fraction of sp³-hybridized carbons (Fsp3) is 0.400. The summed E-state index contributed by atoms with van der Waals surface area (Å²) < 4.78 is 0. The van der Waals surface area contributed by atoms with Crippen LogP contribution in [0.3, 0.4) is 0 Å². The summed E-state index contributed by atoms with van der Waals surface area (Å²) in [7, 11) is 0. The highest BCUT2D eigenvalue weighted by Gasteiger charge is 2.40. The molecule has 3 aromatic rings. The van der Waals surface area contributed by atoms with Crippen LogP contribution in [0.5, 0.6) is 0 Å². The Balaban J connectivity index is 1.33. The summed E-state index contributed by atoms with van der Waals surface area (Å²) in [5.74, 6) is 1.84. The van der Waals surface area contributed by atoms with Gasteiger partial charge in [-0.2, -0.15) is 0 Å². The third-order valence-corrected chi connectivity index (χ3v) is 5.73. The van der Waals surface area contributed by atoms with E-state index >= 15 is 0 Å². The number of fused-ring (bicyclic) bond motifs is 1. The van der Waals surface area contributed by atoms with Crippen molar-refractivity contribution >= 4 is 11.6 Å². The standard InChI is InChI=1S/C20H21N9/c1-14-4-3-5-15(12-14)29-25-18(24-26-29)17-7-6-16-13-27(10-11-28(16)17)20-19(21-2)22-8-9-23-20/h3-5,8-9,12,16-17H,6-7,10-11,13H2,1H3. The van der Waals surface area contributed by atoms with Crippen LogP contribution in [0.25, 0.3) is 10.5 Å². The second-order valence-electron chi connectivity index (χ2n) is 7.52. The van der Waals surface area contributed by atoms with Crippen molar-refractivity contribution in [1.29, 1.82) is 0 Å². The quantitative estimate of drug-likeness (QED) is 0.638. The van der Waals surface area contributed by atoms with E-state index in [0.717, 1.165) is 44.0 Å². The Morgan fingerprint density at radius 3 is 2.90 bits per heavy atom. The van der Waals surface area contributed by atoms with Crippen molar-refractivity contribution in [3.63, 3.8) is 0 Å². The van der Waals surface area contributed by atoms with Crippen LogP contribution in [0.2, 0.25) is 0 Å². The van der Waals surface area contributed by atoms with Crippen molar-refractivity contribution in [2.75, 3.05) is 24.5 Å². The van der Waals surface area contributed by atoms with Crippen LogP contribution in [0.15, 0.2) is 36.7 Å². The number of hydrogen-bond donors (Lipinski definition) is 0. The first-order chi connectivity index (χ1) is 14.2. The summed E-state index contributed by atoms with van der Waals surface area (Å²) in [5, 5.41) is 13.3. The van der Waals surface area contributed by atoms with Crippen LogP contribution in [0, 0.1) is 13.5 Å². The van der Waals surface area contributed by atoms with E-state index in [0.29, 0.717) is 17.7 Å². The molecule has 2 aliphatic heterocycles. The Bertz CT molecular complexity index is 1070. The molecule has 0 spiro atoms. The first kappa shape index (κ1) is 17.7. The number of tetrazole rings is 1. The largest absolute Gasteiger partial charge is 0.361 e. The lowest BCUT2D eigenvalue weighted by Gasteiger charge is -2.40. The molecular formula is C20H21N9. The molecule has 0 amide bonds. The molecule has 0 aliphatic carbocycles. The van der Waals surface area contributed by atoms with Crippen molar-refractivity contribution in [2.24, 2.45) is 0 Å². The van der Waals surface area contributed by atoms with Gasteiger partial charge in [0.15, 0.2) is 11.6 Å². The molecule has 2 unspecified atom stereocenters. The fourth-order valence-corrected chi connectivity index (χ4v) is 4.37. The van der Waals surface area contributed by atoms with Gasteiger partial charge >= 0.3 is 5.82 Å². The minimum atomic E-state index is 0.183. The number of piperazine rings is 1. The predicted octanol–water partition coefficient (Wildman–Crippen LogP) is 2.34. The average Bonchev–Trinajstić information content (AvgIpc) is 3.40. The van der Waals surface area contributed by atoms with Crippen molar-refractivity contribution < 1.29 is 0 Å². The molecule has 0 N–H and O–H groups in total. The van der Waals surface area contributed by atoms with Gasteiger partial charge in [-0.15, -0.1) is 20.0 Å². The molecule has 2 fully saturated rings. The summed E-state index contributed by atoms with van der Waals surface area (Å²) >= 11 is 0. The van der Waals surface area contributed by atoms with Crippen molar-refractivity contribution in [3.8, 4) is 5.69 Å². The number of nitrogens with zero attached hydrogens (tertiary/aromatic N) is 9. The maximum Gasteiger partial charge on any atom is 0.312 e. The Kier molecular flexibility index (Phi) is 4.41. The molecular weight excluding hydrogens is 366 g/mol. The number of aromatic nitrogens is 6. The molecule has 9 heteroatoms. The van der Waals surface area contributed by atoms with Crippen LogP contribution in [-0.2, 0) is 0 Å². The van der Waals surface area contributed by atoms with Crippen LogP contribution >= 0.6 is 0 Å². The van der Waals surface area contributed by atoms with E-state index in [9.17, 15) is 0 Å². The molecule has 4 heterocycles. The SMILES string of the molecule is [C-]#[N+]c1nccnc1N1CCN2C(CCC2c2nnn(-c3cccc(C)c3)n2)C1. The lowest BCUT2D eigenvalue weighted by atomic mass is 10.1. The maximum absolute atomic E-state index is 7.34. The third-order valence-electron chi connectivity index (χ3n) is 5.73. The van der Waals surface area contributed by atoms with E-state index in [1.54, 1.807) is 17.2 Å². The smallest absolute Gasteiger partial charge is 0.312 e. The van der Waals surface area contributed by atoms with Crippen molar-refractivity contribution in [3.05, 3.63) is 59.5 Å². The van der Waals surface area contributed by atoms with Crippen molar-refractivity contribution in [1.82, 2.24) is 35.1 Å². The highest BCUT2D eigenvalue weighted by molar-refractivity contribution is 5.61. The summed E-state index contributed by atoms with van der Waals surface area (Å²) in [4.78, 5) is 18.4. The lowest BCUT2D eigenvalue weighted by molar-refractivity contribution is 0.170. The number of benzene rings is 1. The van der Waals surface area contributed by atoms with Gasteiger partial charge in [-0.25, -0.2) is 4.98 Å². The molecule has 2 atom stereocenters. The molecule has 2 aromatic heterocycles. The Morgan fingerprint density at radius 2 is 2.03 bits per heavy atom. The normalized spacial score (nSPS) is 21.7. The number of anilines is 1. The van der Waals surface area contributed by atoms with Gasteiger partial charge in [0, 0.05) is 25.7 Å². The van der Waals surface area contributed by atoms with Crippen LogP contribution in [0.1, 0.15) is 30.3 Å². The van der Waals surface area contributed by atoms with Crippen LogP contribution in [0.4, 0.5) is 11.6 Å². The Morgan fingerprint density at radius 1 is 1.14 bits per heavy atom. The van der Waals surface area contributed by atoms with E-state index in [1.165, 1.54) is 5.56 Å². The summed E-state index contributed by atoms with van der Waals surface area (Å²) in [6.07, 6.45) is 5.30. The monoisotopic (exact) mass is 387 g/mol. The molecule has 1 aromatic carbocycles. The van der Waals surface area contributed by atoms with Crippen molar-refractivity contribution in [2.45, 2.75) is 31.8 Å². The number of hydrogen-bond acceptors (Lipinski definition) is 7. The average molecular weight is 387 g/mol. The molecule has 29 heavy (non-hydrogen) atoms. The van der Waals surface area contributed by atoms with Gasteiger partial charge < -0.3 is 9.74 Å². The minimum Gasteiger partial charge on any atom is -0.361 e. The summed E-state index contributed by atoms with van der Waals surface area (Å²) in [5.41, 5.74) is 2.10. The molecule has 146 valence electrons. The van der Waals surface area contributed by atoms with E-state index < -0.39 is 0 Å². The number of rotatable bonds is 3. The van der Waals surface area contributed by atoms with Gasteiger partial charge in [0.05, 0.1) is 17.9 Å². The predicted molar refractivity (Wildman–Crippen MR) is 107 cm³/mol. The van der Waals surface area contributed by atoms with Gasteiger partial charge in [-0.05, 0) is 42.7 Å². The molecule has 0 bridgehead atoms. The van der Waals surface area contributed by atoms with Gasteiger partial charge in [0.25, 0.3) is 0 Å². The molecule has 5 rings (SSSR count). The fourth-order valence-electron chi connectivity index (χ4n) is 4.37. The van der Waals surface area contributed by atoms with Gasteiger partial charge in [0.2, 0.25) is 0 Å². The van der Waals surface area contributed by atoms with E-state index in [-0.39, 0.29) is 6.04 Å². The van der Waals surface area contributed by atoms with Crippen LogP contribution < -0.4 is 4.90 Å². The molecule has 9 nitrogen and oxygen atoms in total. The topological polar surface area (TPSA) is 80.2 Å². The molecule has 0 radical (unpaired) electrons. The van der Waals surface area contributed by atoms with Gasteiger partial charge in [-0.1, -0.05) is 18.7 Å².